The van der Waals surface area contributed by atoms with Crippen molar-refractivity contribution in [3.8, 4) is 5.75 Å². The van der Waals surface area contributed by atoms with Gasteiger partial charge in [-0.25, -0.2) is 0 Å². The zero-order valence-electron chi connectivity index (χ0n) is 12.1. The Bertz CT molecular complexity index is 471. The zero-order valence-corrected chi connectivity index (χ0v) is 13.6. The van der Waals surface area contributed by atoms with Gasteiger partial charge in [0, 0.05) is 30.7 Å². The molecule has 0 aliphatic carbocycles. The molecule has 4 nitrogen and oxygen atoms in total. The molecular formula is C15H21BrN2O2. The standard InChI is InChI=1S/C15H21BrN2O2/c1-3-6-17-7-9-18(10-8-17)15(19)13-11-12(20-2)4-5-14(13)16/h4-5,11H,3,6-10H2,1-2H3. The minimum Gasteiger partial charge on any atom is -0.497 e. The highest BCUT2D eigenvalue weighted by atomic mass is 79.9. The van der Waals surface area contributed by atoms with Crippen LogP contribution in [-0.2, 0) is 0 Å². The van der Waals surface area contributed by atoms with Crippen molar-refractivity contribution < 1.29 is 9.53 Å². The van der Waals surface area contributed by atoms with Crippen molar-refractivity contribution in [2.75, 3.05) is 39.8 Å². The van der Waals surface area contributed by atoms with E-state index in [0.29, 0.717) is 11.3 Å². The number of hydrogen-bond donors (Lipinski definition) is 0. The van der Waals surface area contributed by atoms with Gasteiger partial charge in [-0.2, -0.15) is 0 Å². The molecule has 0 radical (unpaired) electrons. The fourth-order valence-corrected chi connectivity index (χ4v) is 2.87. The maximum atomic E-state index is 12.6. The predicted molar refractivity (Wildman–Crippen MR) is 83.3 cm³/mol. The number of carbonyl (C=O) groups is 1. The normalized spacial score (nSPS) is 16.2. The summed E-state index contributed by atoms with van der Waals surface area (Å²) in [5.41, 5.74) is 0.674. The highest BCUT2D eigenvalue weighted by molar-refractivity contribution is 9.10. The van der Waals surface area contributed by atoms with Crippen molar-refractivity contribution >= 4 is 21.8 Å². The molecule has 1 aliphatic heterocycles. The van der Waals surface area contributed by atoms with Crippen LogP contribution in [0.1, 0.15) is 23.7 Å². The van der Waals surface area contributed by atoms with Gasteiger partial charge in [0.2, 0.25) is 0 Å². The van der Waals surface area contributed by atoms with Crippen molar-refractivity contribution in [1.29, 1.82) is 0 Å². The van der Waals surface area contributed by atoms with E-state index in [9.17, 15) is 4.79 Å². The van der Waals surface area contributed by atoms with Crippen LogP contribution < -0.4 is 4.74 Å². The first-order chi connectivity index (χ1) is 9.65. The summed E-state index contributed by atoms with van der Waals surface area (Å²) in [5, 5.41) is 0. The third-order valence-electron chi connectivity index (χ3n) is 3.60. The molecule has 0 saturated carbocycles. The van der Waals surface area contributed by atoms with Crippen LogP contribution in [0.15, 0.2) is 22.7 Å². The van der Waals surface area contributed by atoms with Crippen LogP contribution >= 0.6 is 15.9 Å². The number of carbonyl (C=O) groups excluding carboxylic acids is 1. The summed E-state index contributed by atoms with van der Waals surface area (Å²) in [5.74, 6) is 0.785. The lowest BCUT2D eigenvalue weighted by Gasteiger charge is -2.34. The Morgan fingerprint density at radius 1 is 1.30 bits per heavy atom. The van der Waals surface area contributed by atoms with Crippen LogP contribution in [0, 0.1) is 0 Å². The Hall–Kier alpha value is -1.07. The van der Waals surface area contributed by atoms with Crippen molar-refractivity contribution in [1.82, 2.24) is 9.80 Å². The van der Waals surface area contributed by atoms with Gasteiger partial charge in [-0.1, -0.05) is 6.92 Å². The van der Waals surface area contributed by atoms with E-state index < -0.39 is 0 Å². The molecule has 1 heterocycles. The number of nitrogens with zero attached hydrogens (tertiary/aromatic N) is 2. The topological polar surface area (TPSA) is 32.8 Å². The van der Waals surface area contributed by atoms with Crippen LogP contribution in [0.2, 0.25) is 0 Å². The van der Waals surface area contributed by atoms with Crippen molar-refractivity contribution in [3.05, 3.63) is 28.2 Å². The van der Waals surface area contributed by atoms with Gasteiger partial charge >= 0.3 is 0 Å². The first-order valence-electron chi connectivity index (χ1n) is 7.01. The van der Waals surface area contributed by atoms with Gasteiger partial charge in [0.15, 0.2) is 0 Å². The Morgan fingerprint density at radius 2 is 2.00 bits per heavy atom. The second-order valence-corrected chi connectivity index (χ2v) is 5.83. The lowest BCUT2D eigenvalue weighted by atomic mass is 10.1. The molecule has 1 aromatic rings. The van der Waals surface area contributed by atoms with Crippen LogP contribution in [0.25, 0.3) is 0 Å². The minimum absolute atomic E-state index is 0.0759. The summed E-state index contributed by atoms with van der Waals surface area (Å²) in [6, 6.07) is 5.50. The Kier molecular flexibility index (Phi) is 5.43. The third-order valence-corrected chi connectivity index (χ3v) is 4.29. The van der Waals surface area contributed by atoms with E-state index in [4.69, 9.17) is 4.74 Å². The van der Waals surface area contributed by atoms with Crippen molar-refractivity contribution in [2.45, 2.75) is 13.3 Å². The van der Waals surface area contributed by atoms with E-state index >= 15 is 0 Å². The van der Waals surface area contributed by atoms with Gasteiger partial charge in [0.25, 0.3) is 5.91 Å². The highest BCUT2D eigenvalue weighted by Crippen LogP contribution is 2.24. The number of halogens is 1. The van der Waals surface area contributed by atoms with E-state index in [-0.39, 0.29) is 5.91 Å². The molecule has 1 fully saturated rings. The molecular weight excluding hydrogens is 320 g/mol. The van der Waals surface area contributed by atoms with Crippen LogP contribution in [-0.4, -0.2) is 55.5 Å². The molecule has 1 saturated heterocycles. The van der Waals surface area contributed by atoms with Gasteiger partial charge in [-0.3, -0.25) is 9.69 Å². The van der Waals surface area contributed by atoms with E-state index in [0.717, 1.165) is 43.6 Å². The van der Waals surface area contributed by atoms with Crippen LogP contribution in [0.5, 0.6) is 5.75 Å². The number of methoxy groups -OCH3 is 1. The SMILES string of the molecule is CCCN1CCN(C(=O)c2cc(OC)ccc2Br)CC1. The van der Waals surface area contributed by atoms with Crippen LogP contribution in [0.4, 0.5) is 0 Å². The number of amides is 1. The molecule has 0 atom stereocenters. The van der Waals surface area contributed by atoms with E-state index in [1.165, 1.54) is 0 Å². The number of ether oxygens (including phenoxy) is 1. The Morgan fingerprint density at radius 3 is 2.60 bits per heavy atom. The molecule has 0 bridgehead atoms. The number of benzene rings is 1. The van der Waals surface area contributed by atoms with Gasteiger partial charge in [0.05, 0.1) is 12.7 Å². The third kappa shape index (κ3) is 3.52. The molecule has 110 valence electrons. The molecule has 1 aromatic carbocycles. The number of rotatable bonds is 4. The first-order valence-corrected chi connectivity index (χ1v) is 7.80. The van der Waals surface area contributed by atoms with E-state index in [1.807, 2.05) is 17.0 Å². The molecule has 1 aliphatic rings. The first kappa shape index (κ1) is 15.3. The summed E-state index contributed by atoms with van der Waals surface area (Å²) >= 11 is 3.45. The minimum atomic E-state index is 0.0759. The maximum absolute atomic E-state index is 12.6. The molecule has 2 rings (SSSR count). The molecule has 0 unspecified atom stereocenters. The summed E-state index contributed by atoms with van der Waals surface area (Å²) in [6.45, 7) is 6.81. The van der Waals surface area contributed by atoms with Gasteiger partial charge in [-0.15, -0.1) is 0 Å². The van der Waals surface area contributed by atoms with Gasteiger partial charge < -0.3 is 9.64 Å². The second kappa shape index (κ2) is 7.09. The number of hydrogen-bond acceptors (Lipinski definition) is 3. The van der Waals surface area contributed by atoms with Crippen LogP contribution in [0.3, 0.4) is 0 Å². The van der Waals surface area contributed by atoms with Gasteiger partial charge in [0.1, 0.15) is 5.75 Å². The predicted octanol–water partition coefficient (Wildman–Crippen LogP) is 2.63. The molecule has 0 aromatic heterocycles. The zero-order chi connectivity index (χ0) is 14.5. The largest absolute Gasteiger partial charge is 0.497 e. The summed E-state index contributed by atoms with van der Waals surface area (Å²) in [4.78, 5) is 16.9. The monoisotopic (exact) mass is 340 g/mol. The van der Waals surface area contributed by atoms with Crippen molar-refractivity contribution in [2.24, 2.45) is 0 Å². The molecule has 1 amide bonds. The van der Waals surface area contributed by atoms with Gasteiger partial charge in [-0.05, 0) is 47.1 Å². The average Bonchev–Trinajstić information content (AvgIpc) is 2.48. The molecule has 0 N–H and O–H groups in total. The molecule has 20 heavy (non-hydrogen) atoms. The number of piperazine rings is 1. The molecule has 5 heteroatoms. The fraction of sp³-hybridized carbons (Fsp3) is 0.533. The smallest absolute Gasteiger partial charge is 0.255 e. The maximum Gasteiger partial charge on any atom is 0.255 e. The average molecular weight is 341 g/mol. The quantitative estimate of drug-likeness (QED) is 0.844. The summed E-state index contributed by atoms with van der Waals surface area (Å²) in [7, 11) is 1.61. The summed E-state index contributed by atoms with van der Waals surface area (Å²) in [6.07, 6.45) is 1.16. The van der Waals surface area contributed by atoms with Crippen molar-refractivity contribution in [3.63, 3.8) is 0 Å². The highest BCUT2D eigenvalue weighted by Gasteiger charge is 2.23. The van der Waals surface area contributed by atoms with E-state index in [1.54, 1.807) is 13.2 Å². The fourth-order valence-electron chi connectivity index (χ4n) is 2.46. The molecule has 0 spiro atoms. The Labute approximate surface area is 128 Å². The lowest BCUT2D eigenvalue weighted by molar-refractivity contribution is 0.0636. The summed E-state index contributed by atoms with van der Waals surface area (Å²) < 4.78 is 6.02. The Balaban J connectivity index is 2.05. The van der Waals surface area contributed by atoms with E-state index in [2.05, 4.69) is 27.8 Å². The lowest BCUT2D eigenvalue weighted by Crippen LogP contribution is -2.48. The second-order valence-electron chi connectivity index (χ2n) is 4.98.